The Morgan fingerprint density at radius 1 is 1.24 bits per heavy atom. The molecule has 2 saturated carbocycles. The van der Waals surface area contributed by atoms with Gasteiger partial charge >= 0.3 is 5.69 Å². The van der Waals surface area contributed by atoms with Gasteiger partial charge in [-0.1, -0.05) is 0 Å². The van der Waals surface area contributed by atoms with Crippen molar-refractivity contribution in [3.8, 4) is 11.3 Å². The second-order valence-corrected chi connectivity index (χ2v) is 6.10. The summed E-state index contributed by atoms with van der Waals surface area (Å²) in [6.45, 7) is 1.96. The van der Waals surface area contributed by atoms with E-state index in [4.69, 9.17) is 0 Å². The summed E-state index contributed by atoms with van der Waals surface area (Å²) < 4.78 is 0. The number of rotatable bonds is 3. The van der Waals surface area contributed by atoms with Crippen LogP contribution >= 0.6 is 0 Å². The first kappa shape index (κ1) is 12.5. The highest BCUT2D eigenvalue weighted by molar-refractivity contribution is 5.57. The standard InChI is InChI=1S/C15H16N4O2/c1-7-9(11-4-10(11)8-2-3-8)5-13(19-18-7)12-6-16-15(21)17-14(12)20/h5-6,8,10-11H,2-4H2,1H3,(H2,16,17,20,21)/t10-,11-/m0/s1. The molecule has 0 aliphatic heterocycles. The lowest BCUT2D eigenvalue weighted by atomic mass is 10.0. The van der Waals surface area contributed by atoms with Crippen molar-refractivity contribution in [2.24, 2.45) is 11.8 Å². The quantitative estimate of drug-likeness (QED) is 0.889. The van der Waals surface area contributed by atoms with Crippen LogP contribution in [-0.2, 0) is 0 Å². The van der Waals surface area contributed by atoms with Crippen molar-refractivity contribution in [1.82, 2.24) is 20.2 Å². The number of hydrogen-bond acceptors (Lipinski definition) is 4. The zero-order chi connectivity index (χ0) is 14.6. The molecule has 2 aliphatic rings. The summed E-state index contributed by atoms with van der Waals surface area (Å²) in [4.78, 5) is 27.6. The van der Waals surface area contributed by atoms with E-state index >= 15 is 0 Å². The Hall–Kier alpha value is -2.24. The minimum atomic E-state index is -0.514. The number of H-pyrrole nitrogens is 2. The lowest BCUT2D eigenvalue weighted by Crippen LogP contribution is -2.23. The van der Waals surface area contributed by atoms with Crippen LogP contribution in [0.2, 0.25) is 0 Å². The molecule has 0 aromatic carbocycles. The summed E-state index contributed by atoms with van der Waals surface area (Å²) in [5.74, 6) is 2.24. The van der Waals surface area contributed by atoms with Gasteiger partial charge in [-0.3, -0.25) is 9.78 Å². The molecule has 4 rings (SSSR count). The van der Waals surface area contributed by atoms with Crippen LogP contribution in [0.25, 0.3) is 11.3 Å². The number of aryl methyl sites for hydroxylation is 1. The summed E-state index contributed by atoms with van der Waals surface area (Å²) in [6.07, 6.45) is 5.32. The van der Waals surface area contributed by atoms with Crippen molar-refractivity contribution in [2.45, 2.75) is 32.1 Å². The van der Waals surface area contributed by atoms with E-state index in [2.05, 4.69) is 20.2 Å². The zero-order valence-corrected chi connectivity index (χ0v) is 11.7. The molecular formula is C15H16N4O2. The van der Waals surface area contributed by atoms with Crippen molar-refractivity contribution in [2.75, 3.05) is 0 Å². The van der Waals surface area contributed by atoms with Gasteiger partial charge in [0.15, 0.2) is 0 Å². The van der Waals surface area contributed by atoms with Gasteiger partial charge in [0, 0.05) is 6.20 Å². The average molecular weight is 284 g/mol. The summed E-state index contributed by atoms with van der Waals surface area (Å²) in [6, 6.07) is 1.96. The van der Waals surface area contributed by atoms with Crippen LogP contribution in [0.15, 0.2) is 21.9 Å². The summed E-state index contributed by atoms with van der Waals surface area (Å²) in [5, 5.41) is 8.30. The highest BCUT2D eigenvalue weighted by Gasteiger charge is 2.48. The lowest BCUT2D eigenvalue weighted by molar-refractivity contribution is 0.686. The highest BCUT2D eigenvalue weighted by Crippen LogP contribution is 2.59. The van der Waals surface area contributed by atoms with E-state index in [0.717, 1.165) is 17.5 Å². The smallest absolute Gasteiger partial charge is 0.313 e. The molecule has 6 heteroatoms. The van der Waals surface area contributed by atoms with Crippen LogP contribution in [0, 0.1) is 18.8 Å². The fraction of sp³-hybridized carbons (Fsp3) is 0.467. The molecule has 6 nitrogen and oxygen atoms in total. The van der Waals surface area contributed by atoms with E-state index in [9.17, 15) is 9.59 Å². The molecular weight excluding hydrogens is 268 g/mol. The third kappa shape index (κ3) is 2.20. The molecule has 0 unspecified atom stereocenters. The first-order chi connectivity index (χ1) is 10.1. The first-order valence-corrected chi connectivity index (χ1v) is 7.30. The van der Waals surface area contributed by atoms with Crippen LogP contribution in [0.3, 0.4) is 0 Å². The maximum atomic E-state index is 11.9. The fourth-order valence-corrected chi connectivity index (χ4v) is 3.19. The monoisotopic (exact) mass is 284 g/mol. The Kier molecular flexibility index (Phi) is 2.60. The minimum Gasteiger partial charge on any atom is -0.313 e. The normalized spacial score (nSPS) is 24.0. The molecule has 0 amide bonds. The number of hydrogen-bond donors (Lipinski definition) is 2. The van der Waals surface area contributed by atoms with E-state index in [-0.39, 0.29) is 0 Å². The predicted molar refractivity (Wildman–Crippen MR) is 77.0 cm³/mol. The van der Waals surface area contributed by atoms with E-state index in [0.29, 0.717) is 17.2 Å². The Morgan fingerprint density at radius 2 is 2.05 bits per heavy atom. The summed E-state index contributed by atoms with van der Waals surface area (Å²) in [5.41, 5.74) is 2.06. The SMILES string of the molecule is Cc1nnc(-c2c[nH]c(=O)[nH]c2=O)cc1[C@@H]1C[C@H]1C1CC1. The molecule has 2 aliphatic carbocycles. The largest absolute Gasteiger partial charge is 0.325 e. The van der Waals surface area contributed by atoms with Crippen LogP contribution in [0.5, 0.6) is 0 Å². The van der Waals surface area contributed by atoms with Gasteiger partial charge in [-0.25, -0.2) is 4.79 Å². The van der Waals surface area contributed by atoms with Gasteiger partial charge in [0.1, 0.15) is 5.69 Å². The van der Waals surface area contributed by atoms with E-state index in [1.54, 1.807) is 0 Å². The first-order valence-electron chi connectivity index (χ1n) is 7.30. The molecule has 2 aromatic rings. The molecule has 0 spiro atoms. The Labute approximate surface area is 120 Å². The summed E-state index contributed by atoms with van der Waals surface area (Å²) >= 11 is 0. The molecule has 2 atom stereocenters. The zero-order valence-electron chi connectivity index (χ0n) is 11.7. The third-order valence-corrected chi connectivity index (χ3v) is 4.58. The minimum absolute atomic E-state index is 0.354. The van der Waals surface area contributed by atoms with Gasteiger partial charge < -0.3 is 4.98 Å². The van der Waals surface area contributed by atoms with Gasteiger partial charge in [0.25, 0.3) is 5.56 Å². The van der Waals surface area contributed by atoms with Crippen LogP contribution in [0.1, 0.15) is 36.4 Å². The maximum Gasteiger partial charge on any atom is 0.325 e. The van der Waals surface area contributed by atoms with Gasteiger partial charge in [0.2, 0.25) is 0 Å². The number of aromatic nitrogens is 4. The highest BCUT2D eigenvalue weighted by atomic mass is 16.2. The van der Waals surface area contributed by atoms with Crippen molar-refractivity contribution >= 4 is 0 Å². The molecule has 0 bridgehead atoms. The van der Waals surface area contributed by atoms with Crippen molar-refractivity contribution < 1.29 is 0 Å². The van der Waals surface area contributed by atoms with Crippen LogP contribution < -0.4 is 11.2 Å². The van der Waals surface area contributed by atoms with Crippen LogP contribution in [-0.4, -0.2) is 20.2 Å². The molecule has 2 heterocycles. The Balaban J connectivity index is 1.73. The van der Waals surface area contributed by atoms with Crippen LogP contribution in [0.4, 0.5) is 0 Å². The van der Waals surface area contributed by atoms with Gasteiger partial charge in [-0.15, -0.1) is 5.10 Å². The Bertz CT molecular complexity index is 819. The van der Waals surface area contributed by atoms with Gasteiger partial charge in [-0.05, 0) is 55.6 Å². The fourth-order valence-electron chi connectivity index (χ4n) is 3.19. The molecule has 2 N–H and O–H groups in total. The summed E-state index contributed by atoms with van der Waals surface area (Å²) in [7, 11) is 0. The molecule has 0 saturated heterocycles. The topological polar surface area (TPSA) is 91.5 Å². The second kappa shape index (κ2) is 4.38. The van der Waals surface area contributed by atoms with E-state index < -0.39 is 11.2 Å². The lowest BCUT2D eigenvalue weighted by Gasteiger charge is -2.06. The number of nitrogens with one attached hydrogen (secondary N) is 2. The van der Waals surface area contributed by atoms with Gasteiger partial charge in [0.05, 0.1) is 11.3 Å². The average Bonchev–Trinajstić information content (AvgIpc) is 3.32. The van der Waals surface area contributed by atoms with E-state index in [1.165, 1.54) is 31.0 Å². The van der Waals surface area contributed by atoms with Crippen molar-refractivity contribution in [3.05, 3.63) is 44.4 Å². The maximum absolute atomic E-state index is 11.9. The number of nitrogens with zero attached hydrogens (tertiary/aromatic N) is 2. The van der Waals surface area contributed by atoms with Crippen molar-refractivity contribution in [1.29, 1.82) is 0 Å². The Morgan fingerprint density at radius 3 is 2.76 bits per heavy atom. The molecule has 108 valence electrons. The molecule has 21 heavy (non-hydrogen) atoms. The predicted octanol–water partition coefficient (Wildman–Crippen LogP) is 1.34. The molecule has 2 fully saturated rings. The second-order valence-electron chi connectivity index (χ2n) is 6.10. The molecule has 2 aromatic heterocycles. The third-order valence-electron chi connectivity index (χ3n) is 4.58. The van der Waals surface area contributed by atoms with E-state index in [1.807, 2.05) is 13.0 Å². The number of aromatic amines is 2. The van der Waals surface area contributed by atoms with Crippen molar-refractivity contribution in [3.63, 3.8) is 0 Å². The molecule has 0 radical (unpaired) electrons. The van der Waals surface area contributed by atoms with Gasteiger partial charge in [-0.2, -0.15) is 5.10 Å².